The van der Waals surface area contributed by atoms with E-state index in [-0.39, 0.29) is 47.1 Å². The number of ether oxygens (including phenoxy) is 1. The predicted octanol–water partition coefficient (Wildman–Crippen LogP) is 10.5. The van der Waals surface area contributed by atoms with Gasteiger partial charge in [0.15, 0.2) is 17.0 Å². The Bertz CT molecular complexity index is 1640. The first-order valence-electron chi connectivity index (χ1n) is 17.6. The van der Waals surface area contributed by atoms with Crippen molar-refractivity contribution in [3.8, 4) is 0 Å². The summed E-state index contributed by atoms with van der Waals surface area (Å²) in [7, 11) is 0. The van der Waals surface area contributed by atoms with E-state index in [2.05, 4.69) is 80.6 Å². The standard InChI is InChI=1S/C20H23BrFNO3S.C11H11Br2FO.C7H9NOS.CH3I.CH4/c1-13(24)26-19-11-14-12-23(10-8-18(14)27-19)20(17(25)7-4-9-21)15-5-2-3-6-16(15)22;12-7-3-6-10(15)11(13)8-4-1-2-5-9(8)14;9-7-3-5-4-8-2-1-6(5)10-7;1-2;/h2-3,5-6,11,18-20H,4,7-10,12H2,1H3;1-2,4-5,11H,3,6-7H2;3,6,8H,1-2,4H2;1H3;1H4. The zero-order chi connectivity index (χ0) is 39.6. The summed E-state index contributed by atoms with van der Waals surface area (Å²) in [6.45, 7) is 4.69. The summed E-state index contributed by atoms with van der Waals surface area (Å²) >= 11 is 15.1. The molecule has 4 heterocycles. The summed E-state index contributed by atoms with van der Waals surface area (Å²) < 4.78 is 33.1. The van der Waals surface area contributed by atoms with Crippen LogP contribution >= 0.6 is 93.9 Å². The van der Waals surface area contributed by atoms with Gasteiger partial charge in [-0.2, -0.15) is 0 Å². The lowest BCUT2D eigenvalue weighted by Crippen LogP contribution is -2.42. The molecule has 2 aromatic carbocycles. The van der Waals surface area contributed by atoms with E-state index in [1.165, 1.54) is 36.4 Å². The molecule has 2 saturated heterocycles. The Morgan fingerprint density at radius 2 is 1.53 bits per heavy atom. The smallest absolute Gasteiger partial charge is 0.304 e. The summed E-state index contributed by atoms with van der Waals surface area (Å²) in [5, 5.41) is 5.82. The average Bonchev–Trinajstić information content (AvgIpc) is 3.76. The number of rotatable bonds is 12. The van der Waals surface area contributed by atoms with Crippen molar-refractivity contribution < 1.29 is 32.7 Å². The fourth-order valence-corrected chi connectivity index (χ4v) is 9.80. The third-order valence-electron chi connectivity index (χ3n) is 8.74. The maximum absolute atomic E-state index is 14.5. The Morgan fingerprint density at radius 3 is 2.11 bits per heavy atom. The molecule has 6 rings (SSSR count). The molecule has 0 spiro atoms. The topological polar surface area (TPSA) is 92.8 Å². The van der Waals surface area contributed by atoms with Gasteiger partial charge in [-0.3, -0.25) is 24.1 Å². The van der Waals surface area contributed by atoms with Crippen molar-refractivity contribution >= 4 is 117 Å². The van der Waals surface area contributed by atoms with E-state index in [4.69, 9.17) is 4.74 Å². The number of benzene rings is 2. The van der Waals surface area contributed by atoms with Crippen molar-refractivity contribution in [1.82, 2.24) is 10.2 Å². The van der Waals surface area contributed by atoms with E-state index in [0.717, 1.165) is 55.0 Å². The van der Waals surface area contributed by atoms with Gasteiger partial charge in [0, 0.05) is 71.7 Å². The molecule has 0 aromatic heterocycles. The lowest BCUT2D eigenvalue weighted by molar-refractivity contribution is -0.141. The van der Waals surface area contributed by atoms with Gasteiger partial charge in [0.05, 0.1) is 6.04 Å². The number of nitrogens with zero attached hydrogens (tertiary/aromatic N) is 1. The van der Waals surface area contributed by atoms with E-state index >= 15 is 0 Å². The number of Topliss-reactive ketones (excluding diaryl/α,β-unsaturated/α-hetero) is 2. The van der Waals surface area contributed by atoms with Crippen molar-refractivity contribution in [2.45, 2.75) is 79.7 Å². The van der Waals surface area contributed by atoms with Crippen LogP contribution < -0.4 is 5.32 Å². The second-order valence-electron chi connectivity index (χ2n) is 12.5. The molecule has 2 fully saturated rings. The van der Waals surface area contributed by atoms with Gasteiger partial charge in [-0.1, -0.05) is 126 Å². The quantitative estimate of drug-likeness (QED) is 0.0966. The monoisotopic (exact) mass is 1100 g/mol. The normalized spacial score (nSPS) is 20.8. The molecule has 0 saturated carbocycles. The number of piperidine rings is 2. The summed E-state index contributed by atoms with van der Waals surface area (Å²) in [4.78, 5) is 50.1. The molecule has 1 N–H and O–H groups in total. The van der Waals surface area contributed by atoms with Crippen LogP contribution in [0.15, 0.2) is 71.8 Å². The van der Waals surface area contributed by atoms with E-state index in [0.29, 0.717) is 47.6 Å². The minimum atomic E-state index is -0.579. The molecule has 4 aliphatic heterocycles. The van der Waals surface area contributed by atoms with Gasteiger partial charge >= 0.3 is 5.97 Å². The van der Waals surface area contributed by atoms with E-state index in [9.17, 15) is 28.0 Å². The lowest BCUT2D eigenvalue weighted by Gasteiger charge is -2.37. The SMILES string of the molecule is C.CC(=O)OC1C=C2CN(C(C(=O)CCCBr)c3ccccc3F)CCC2S1.CI.O=C(CCCBr)C(Br)c1ccccc1F.O=C1C=C2CNCCC2S1. The summed E-state index contributed by atoms with van der Waals surface area (Å²) in [6.07, 6.45) is 8.09. The molecule has 0 aliphatic carbocycles. The fourth-order valence-electron chi connectivity index (χ4n) is 6.26. The number of carbonyl (C=O) groups is 4. The molecule has 5 atom stereocenters. The van der Waals surface area contributed by atoms with Crippen LogP contribution in [0.4, 0.5) is 8.78 Å². The number of hydrogen-bond acceptors (Lipinski definition) is 9. The second-order valence-corrected chi connectivity index (χ2v) is 17.6. The Balaban J connectivity index is 0.000000312. The van der Waals surface area contributed by atoms with E-state index < -0.39 is 10.9 Å². The minimum Gasteiger partial charge on any atom is -0.447 e. The molecule has 0 bridgehead atoms. The van der Waals surface area contributed by atoms with Crippen LogP contribution in [-0.4, -0.2) is 85.3 Å². The van der Waals surface area contributed by atoms with Gasteiger partial charge in [0.2, 0.25) is 5.12 Å². The molecular weight excluding hydrogens is 1060 g/mol. The van der Waals surface area contributed by atoms with Gasteiger partial charge in [0.1, 0.15) is 16.5 Å². The fraction of sp³-hybridized carbons (Fsp3) is 0.500. The molecule has 304 valence electrons. The van der Waals surface area contributed by atoms with Crippen molar-refractivity contribution in [3.63, 3.8) is 0 Å². The summed E-state index contributed by atoms with van der Waals surface area (Å²) in [5.74, 6) is -0.926. The van der Waals surface area contributed by atoms with Crippen molar-refractivity contribution in [2.24, 2.45) is 0 Å². The van der Waals surface area contributed by atoms with E-state index in [1.807, 2.05) is 11.0 Å². The van der Waals surface area contributed by atoms with Crippen molar-refractivity contribution in [2.75, 3.05) is 41.8 Å². The average molecular weight is 1110 g/mol. The predicted molar refractivity (Wildman–Crippen MR) is 243 cm³/mol. The Hall–Kier alpha value is -0.950. The van der Waals surface area contributed by atoms with Crippen molar-refractivity contribution in [1.29, 1.82) is 0 Å². The number of alkyl halides is 4. The first-order chi connectivity index (χ1) is 26.0. The molecule has 7 nitrogen and oxygen atoms in total. The second kappa shape index (κ2) is 26.9. The van der Waals surface area contributed by atoms with Crippen LogP contribution in [0.5, 0.6) is 0 Å². The molecule has 15 heteroatoms. The van der Waals surface area contributed by atoms with Gasteiger partial charge in [-0.05, 0) is 72.6 Å². The molecular formula is C40H50Br3F2IN2O5S2. The number of nitrogens with one attached hydrogen (secondary N) is 1. The summed E-state index contributed by atoms with van der Waals surface area (Å²) in [5.41, 5.74) is 3.04. The highest BCUT2D eigenvalue weighted by Gasteiger charge is 2.38. The van der Waals surface area contributed by atoms with E-state index in [1.54, 1.807) is 54.2 Å². The Morgan fingerprint density at radius 1 is 0.927 bits per heavy atom. The third-order valence-corrected chi connectivity index (χ3v) is 13.4. The Kier molecular flexibility index (Phi) is 24.6. The zero-order valence-electron chi connectivity index (χ0n) is 30.2. The highest BCUT2D eigenvalue weighted by Crippen LogP contribution is 2.41. The van der Waals surface area contributed by atoms with Crippen LogP contribution in [0.2, 0.25) is 0 Å². The molecule has 0 amide bonds. The number of halogens is 6. The number of ketones is 2. The number of carbonyl (C=O) groups excluding carboxylic acids is 4. The van der Waals surface area contributed by atoms with Crippen LogP contribution in [-0.2, 0) is 23.9 Å². The van der Waals surface area contributed by atoms with Crippen LogP contribution in [0.1, 0.15) is 74.9 Å². The number of likely N-dealkylation sites (tertiary alicyclic amines) is 1. The number of hydrogen-bond donors (Lipinski definition) is 1. The van der Waals surface area contributed by atoms with Gasteiger partial charge in [-0.25, -0.2) is 8.78 Å². The molecule has 2 aromatic rings. The largest absolute Gasteiger partial charge is 0.447 e. The van der Waals surface area contributed by atoms with Crippen molar-refractivity contribution in [3.05, 3.63) is 94.6 Å². The van der Waals surface area contributed by atoms with Crippen LogP contribution in [0.3, 0.4) is 0 Å². The molecule has 4 aliphatic rings. The Labute approximate surface area is 372 Å². The molecule has 0 radical (unpaired) electrons. The van der Waals surface area contributed by atoms with Gasteiger partial charge < -0.3 is 10.1 Å². The lowest BCUT2D eigenvalue weighted by atomic mass is 9.94. The van der Waals surface area contributed by atoms with Crippen LogP contribution in [0.25, 0.3) is 0 Å². The maximum atomic E-state index is 14.5. The third kappa shape index (κ3) is 16.0. The highest BCUT2D eigenvalue weighted by atomic mass is 127. The number of esters is 1. The molecule has 5 unspecified atom stereocenters. The maximum Gasteiger partial charge on any atom is 0.304 e. The van der Waals surface area contributed by atoms with Gasteiger partial charge in [0.25, 0.3) is 0 Å². The zero-order valence-corrected chi connectivity index (χ0v) is 38.8. The first-order valence-corrected chi connectivity index (χ1v) is 24.7. The minimum absolute atomic E-state index is 0. The van der Waals surface area contributed by atoms with Crippen LogP contribution in [0, 0.1) is 11.6 Å². The summed E-state index contributed by atoms with van der Waals surface area (Å²) in [6, 6.07) is 12.3. The van der Waals surface area contributed by atoms with Gasteiger partial charge in [-0.15, -0.1) is 11.8 Å². The number of thioether (sulfide) groups is 2. The number of fused-ring (bicyclic) bond motifs is 2. The molecule has 55 heavy (non-hydrogen) atoms. The highest BCUT2D eigenvalue weighted by molar-refractivity contribution is 14.1. The first kappa shape index (κ1) is 50.2.